The van der Waals surface area contributed by atoms with Gasteiger partial charge in [-0.05, 0) is 42.9 Å². The number of amides is 1. The van der Waals surface area contributed by atoms with Crippen molar-refractivity contribution >= 4 is 5.91 Å². The number of aryl methyl sites for hydroxylation is 1. The fourth-order valence-corrected chi connectivity index (χ4v) is 2.99. The van der Waals surface area contributed by atoms with E-state index in [1.165, 1.54) is 32.1 Å². The Kier molecular flexibility index (Phi) is 5.99. The number of aromatic nitrogens is 1. The first-order valence-electron chi connectivity index (χ1n) is 7.68. The van der Waals surface area contributed by atoms with Crippen LogP contribution in [0.2, 0.25) is 0 Å². The summed E-state index contributed by atoms with van der Waals surface area (Å²) >= 11 is 0. The molecule has 1 aliphatic rings. The number of nitrogens with zero attached hydrogens (tertiary/aromatic N) is 1. The summed E-state index contributed by atoms with van der Waals surface area (Å²) in [5, 5.41) is 3.13. The first kappa shape index (κ1) is 15.0. The molecule has 1 amide bonds. The van der Waals surface area contributed by atoms with Crippen molar-refractivity contribution in [1.29, 1.82) is 0 Å². The fourth-order valence-electron chi connectivity index (χ4n) is 2.99. The number of nitrogens with one attached hydrogen (secondary N) is 1. The summed E-state index contributed by atoms with van der Waals surface area (Å²) in [4.78, 5) is 16.0. The van der Waals surface area contributed by atoms with Crippen LogP contribution >= 0.6 is 0 Å². The largest absolute Gasteiger partial charge is 0.352 e. The summed E-state index contributed by atoms with van der Waals surface area (Å²) in [5.74, 6) is 0.682. The van der Waals surface area contributed by atoms with Gasteiger partial charge in [0.2, 0.25) is 5.91 Å². The van der Waals surface area contributed by atoms with Gasteiger partial charge >= 0.3 is 0 Å². The third-order valence-electron chi connectivity index (χ3n) is 4.21. The van der Waals surface area contributed by atoms with Crippen LogP contribution in [-0.4, -0.2) is 23.5 Å². The molecule has 1 aromatic rings. The number of nitrogens with two attached hydrogens (primary N) is 1. The number of rotatable bonds is 6. The van der Waals surface area contributed by atoms with E-state index in [4.69, 9.17) is 5.73 Å². The van der Waals surface area contributed by atoms with E-state index >= 15 is 0 Å². The minimum absolute atomic E-state index is 0.114. The van der Waals surface area contributed by atoms with E-state index in [2.05, 4.69) is 10.3 Å². The van der Waals surface area contributed by atoms with Crippen LogP contribution in [0.4, 0.5) is 0 Å². The van der Waals surface area contributed by atoms with E-state index in [0.717, 1.165) is 12.0 Å². The molecule has 1 fully saturated rings. The SMILES string of the molecule is NCC(NC(=O)CCc1ccncc1)C1CCCCC1. The summed E-state index contributed by atoms with van der Waals surface area (Å²) in [5.41, 5.74) is 6.99. The van der Waals surface area contributed by atoms with Crippen molar-refractivity contribution in [2.75, 3.05) is 6.54 Å². The predicted octanol–water partition coefficient (Wildman–Crippen LogP) is 2.04. The Bertz CT molecular complexity index is 401. The Morgan fingerprint density at radius 2 is 2.00 bits per heavy atom. The van der Waals surface area contributed by atoms with Gasteiger partial charge in [-0.1, -0.05) is 19.3 Å². The molecule has 0 saturated heterocycles. The minimum Gasteiger partial charge on any atom is -0.352 e. The Morgan fingerprint density at radius 3 is 2.65 bits per heavy atom. The summed E-state index contributed by atoms with van der Waals surface area (Å²) in [6.45, 7) is 0.547. The third-order valence-corrected chi connectivity index (χ3v) is 4.21. The van der Waals surface area contributed by atoms with E-state index < -0.39 is 0 Å². The molecule has 0 bridgehead atoms. The van der Waals surface area contributed by atoms with Gasteiger partial charge in [-0.3, -0.25) is 9.78 Å². The molecular formula is C16H25N3O. The van der Waals surface area contributed by atoms with E-state index in [-0.39, 0.29) is 11.9 Å². The highest BCUT2D eigenvalue weighted by Crippen LogP contribution is 2.26. The number of hydrogen-bond acceptors (Lipinski definition) is 3. The molecule has 1 saturated carbocycles. The Hall–Kier alpha value is -1.42. The number of carbonyl (C=O) groups excluding carboxylic acids is 1. The molecule has 0 aromatic carbocycles. The van der Waals surface area contributed by atoms with Crippen molar-refractivity contribution in [2.24, 2.45) is 11.7 Å². The molecule has 0 aliphatic heterocycles. The average molecular weight is 275 g/mol. The Morgan fingerprint density at radius 1 is 1.30 bits per heavy atom. The second-order valence-corrected chi connectivity index (χ2v) is 5.66. The van der Waals surface area contributed by atoms with Crippen molar-refractivity contribution in [3.05, 3.63) is 30.1 Å². The van der Waals surface area contributed by atoms with E-state index in [1.807, 2.05) is 12.1 Å². The number of pyridine rings is 1. The zero-order valence-electron chi connectivity index (χ0n) is 12.1. The van der Waals surface area contributed by atoms with Gasteiger partial charge in [0.1, 0.15) is 0 Å². The van der Waals surface area contributed by atoms with E-state index in [9.17, 15) is 4.79 Å². The predicted molar refractivity (Wildman–Crippen MR) is 80.1 cm³/mol. The standard InChI is InChI=1S/C16H25N3O/c17-12-15(14-4-2-1-3-5-14)19-16(20)7-6-13-8-10-18-11-9-13/h8-11,14-15H,1-7,12,17H2,(H,19,20). The number of hydrogen-bond donors (Lipinski definition) is 2. The van der Waals surface area contributed by atoms with Gasteiger partial charge < -0.3 is 11.1 Å². The average Bonchev–Trinajstić information content (AvgIpc) is 2.52. The minimum atomic E-state index is 0.114. The Labute approximate surface area is 121 Å². The second kappa shape index (κ2) is 8.00. The zero-order valence-corrected chi connectivity index (χ0v) is 12.1. The van der Waals surface area contributed by atoms with Gasteiger partial charge in [-0.2, -0.15) is 0 Å². The lowest BCUT2D eigenvalue weighted by atomic mass is 9.84. The maximum absolute atomic E-state index is 12.0. The first-order valence-corrected chi connectivity index (χ1v) is 7.68. The van der Waals surface area contributed by atoms with E-state index in [1.54, 1.807) is 12.4 Å². The zero-order chi connectivity index (χ0) is 14.2. The maximum atomic E-state index is 12.0. The van der Waals surface area contributed by atoms with Crippen LogP contribution in [0.1, 0.15) is 44.1 Å². The first-order chi connectivity index (χ1) is 9.79. The third kappa shape index (κ3) is 4.60. The second-order valence-electron chi connectivity index (χ2n) is 5.66. The van der Waals surface area contributed by atoms with Crippen molar-refractivity contribution in [2.45, 2.75) is 51.0 Å². The molecule has 4 nitrogen and oxygen atoms in total. The maximum Gasteiger partial charge on any atom is 0.220 e. The summed E-state index contributed by atoms with van der Waals surface area (Å²) in [6.07, 6.45) is 11.1. The van der Waals surface area contributed by atoms with Gasteiger partial charge in [0.25, 0.3) is 0 Å². The molecule has 110 valence electrons. The number of carbonyl (C=O) groups is 1. The van der Waals surface area contributed by atoms with Gasteiger partial charge in [-0.15, -0.1) is 0 Å². The lowest BCUT2D eigenvalue weighted by Crippen LogP contribution is -2.45. The molecule has 2 rings (SSSR count). The van der Waals surface area contributed by atoms with Crippen molar-refractivity contribution in [3.63, 3.8) is 0 Å². The molecule has 3 N–H and O–H groups in total. The molecule has 1 aliphatic carbocycles. The molecule has 0 radical (unpaired) electrons. The Balaban J connectivity index is 1.77. The molecule has 1 aromatic heterocycles. The van der Waals surface area contributed by atoms with E-state index in [0.29, 0.717) is 18.9 Å². The van der Waals surface area contributed by atoms with Crippen LogP contribution in [0.15, 0.2) is 24.5 Å². The van der Waals surface area contributed by atoms with Crippen molar-refractivity contribution in [1.82, 2.24) is 10.3 Å². The van der Waals surface area contributed by atoms with Crippen molar-refractivity contribution < 1.29 is 4.79 Å². The molecule has 1 atom stereocenters. The molecule has 4 heteroatoms. The molecule has 0 spiro atoms. The fraction of sp³-hybridized carbons (Fsp3) is 0.625. The molecular weight excluding hydrogens is 250 g/mol. The van der Waals surface area contributed by atoms with Crippen LogP contribution in [-0.2, 0) is 11.2 Å². The highest BCUT2D eigenvalue weighted by Gasteiger charge is 2.23. The highest BCUT2D eigenvalue weighted by molar-refractivity contribution is 5.76. The van der Waals surface area contributed by atoms with Crippen LogP contribution in [0.3, 0.4) is 0 Å². The van der Waals surface area contributed by atoms with Gasteiger partial charge in [0.05, 0.1) is 0 Å². The van der Waals surface area contributed by atoms with Crippen LogP contribution in [0.5, 0.6) is 0 Å². The smallest absolute Gasteiger partial charge is 0.220 e. The summed E-state index contributed by atoms with van der Waals surface area (Å²) < 4.78 is 0. The monoisotopic (exact) mass is 275 g/mol. The van der Waals surface area contributed by atoms with Gasteiger partial charge in [-0.25, -0.2) is 0 Å². The quantitative estimate of drug-likeness (QED) is 0.835. The summed E-state index contributed by atoms with van der Waals surface area (Å²) in [7, 11) is 0. The highest BCUT2D eigenvalue weighted by atomic mass is 16.1. The topological polar surface area (TPSA) is 68.0 Å². The van der Waals surface area contributed by atoms with Crippen molar-refractivity contribution in [3.8, 4) is 0 Å². The molecule has 1 heterocycles. The van der Waals surface area contributed by atoms with Crippen LogP contribution in [0.25, 0.3) is 0 Å². The molecule has 20 heavy (non-hydrogen) atoms. The molecule has 1 unspecified atom stereocenters. The summed E-state index contributed by atoms with van der Waals surface area (Å²) in [6, 6.07) is 4.06. The lowest BCUT2D eigenvalue weighted by molar-refractivity contribution is -0.122. The van der Waals surface area contributed by atoms with Gasteiger partial charge in [0, 0.05) is 31.4 Å². The normalized spacial score (nSPS) is 17.6. The van der Waals surface area contributed by atoms with Gasteiger partial charge in [0.15, 0.2) is 0 Å². The van der Waals surface area contributed by atoms with Crippen LogP contribution < -0.4 is 11.1 Å². The lowest BCUT2D eigenvalue weighted by Gasteiger charge is -2.30. The van der Waals surface area contributed by atoms with Crippen LogP contribution in [0, 0.1) is 5.92 Å².